The highest BCUT2D eigenvalue weighted by molar-refractivity contribution is 7.98. The van der Waals surface area contributed by atoms with Gasteiger partial charge in [0.2, 0.25) is 5.91 Å². The van der Waals surface area contributed by atoms with E-state index in [-0.39, 0.29) is 0 Å². The molecular weight excluding hydrogens is 198 g/mol. The summed E-state index contributed by atoms with van der Waals surface area (Å²) in [5.41, 5.74) is 10.7. The number of likely N-dealkylation sites (N-methyl/N-ethyl adjacent to an activating group) is 1. The topological polar surface area (TPSA) is 72.3 Å². The third-order valence-corrected chi connectivity index (χ3v) is 3.02. The molecule has 0 rings (SSSR count). The molecule has 0 aliphatic heterocycles. The Bertz CT molecular complexity index is 177. The maximum atomic E-state index is 10.8. The summed E-state index contributed by atoms with van der Waals surface area (Å²) in [7, 11) is 1.98. The van der Waals surface area contributed by atoms with Gasteiger partial charge in [0.25, 0.3) is 0 Å². The largest absolute Gasteiger partial charge is 0.368 e. The third kappa shape index (κ3) is 4.83. The normalized spacial score (nSPS) is 15.5. The molecule has 0 saturated carbocycles. The van der Waals surface area contributed by atoms with Crippen LogP contribution in [0.1, 0.15) is 13.3 Å². The molecule has 0 radical (unpaired) electrons. The molecule has 0 fully saturated rings. The van der Waals surface area contributed by atoms with Crippen LogP contribution < -0.4 is 11.5 Å². The van der Waals surface area contributed by atoms with Crippen molar-refractivity contribution in [1.29, 1.82) is 0 Å². The summed E-state index contributed by atoms with van der Waals surface area (Å²) in [6.07, 6.45) is 3.13. The summed E-state index contributed by atoms with van der Waals surface area (Å²) in [5.74, 6) is 0.620. The van der Waals surface area contributed by atoms with Gasteiger partial charge < -0.3 is 16.4 Å². The summed E-state index contributed by atoms with van der Waals surface area (Å²) in [4.78, 5) is 12.9. The quantitative estimate of drug-likeness (QED) is 0.626. The van der Waals surface area contributed by atoms with E-state index in [1.807, 2.05) is 7.05 Å². The van der Waals surface area contributed by atoms with E-state index in [0.717, 1.165) is 12.2 Å². The van der Waals surface area contributed by atoms with Gasteiger partial charge in [0, 0.05) is 18.3 Å². The second-order valence-electron chi connectivity index (χ2n) is 3.47. The van der Waals surface area contributed by atoms with Gasteiger partial charge in [-0.3, -0.25) is 4.79 Å². The van der Waals surface area contributed by atoms with Crippen LogP contribution in [0.25, 0.3) is 0 Å². The van der Waals surface area contributed by atoms with Crippen molar-refractivity contribution in [3.05, 3.63) is 0 Å². The van der Waals surface area contributed by atoms with Gasteiger partial charge in [0.1, 0.15) is 0 Å². The molecule has 14 heavy (non-hydrogen) atoms. The molecule has 0 saturated heterocycles. The summed E-state index contributed by atoms with van der Waals surface area (Å²) < 4.78 is 0. The Balaban J connectivity index is 4.02. The summed E-state index contributed by atoms with van der Waals surface area (Å²) in [6, 6.07) is -0.0914. The Morgan fingerprint density at radius 2 is 2.14 bits per heavy atom. The fourth-order valence-corrected chi connectivity index (χ4v) is 2.17. The lowest BCUT2D eigenvalue weighted by Gasteiger charge is -2.28. The molecule has 1 amide bonds. The first-order chi connectivity index (χ1) is 6.52. The summed E-state index contributed by atoms with van der Waals surface area (Å²) in [6.45, 7) is 2.67. The highest BCUT2D eigenvalue weighted by atomic mass is 32.2. The number of primary amides is 1. The molecule has 5 heteroatoms. The molecule has 0 bridgehead atoms. The van der Waals surface area contributed by atoms with Gasteiger partial charge in [0.15, 0.2) is 0 Å². The van der Waals surface area contributed by atoms with Crippen molar-refractivity contribution < 1.29 is 4.79 Å². The Labute approximate surface area is 90.4 Å². The number of carbonyl (C=O) groups excluding carboxylic acids is 1. The van der Waals surface area contributed by atoms with Gasteiger partial charge >= 0.3 is 0 Å². The Morgan fingerprint density at radius 3 is 2.50 bits per heavy atom. The lowest BCUT2D eigenvalue weighted by atomic mass is 10.2. The number of hydrogen-bond acceptors (Lipinski definition) is 4. The molecule has 0 aliphatic rings. The van der Waals surface area contributed by atoms with Crippen molar-refractivity contribution in [3.63, 3.8) is 0 Å². The molecule has 2 unspecified atom stereocenters. The zero-order chi connectivity index (χ0) is 11.1. The summed E-state index contributed by atoms with van der Waals surface area (Å²) in [5, 5.41) is 0. The van der Waals surface area contributed by atoms with E-state index < -0.39 is 11.9 Å². The third-order valence-electron chi connectivity index (χ3n) is 2.30. The molecule has 0 spiro atoms. The number of rotatable bonds is 7. The second kappa shape index (κ2) is 7.09. The first kappa shape index (κ1) is 13.7. The minimum absolute atomic E-state index is 0.434. The van der Waals surface area contributed by atoms with Crippen molar-refractivity contribution in [2.75, 3.05) is 25.6 Å². The molecule has 0 aromatic heterocycles. The van der Waals surface area contributed by atoms with Gasteiger partial charge in [-0.2, -0.15) is 11.8 Å². The Hall–Kier alpha value is -0.260. The van der Waals surface area contributed by atoms with Crippen molar-refractivity contribution in [2.45, 2.75) is 25.4 Å². The molecule has 0 aromatic rings. The van der Waals surface area contributed by atoms with Gasteiger partial charge in [-0.05, 0) is 19.7 Å². The van der Waals surface area contributed by atoms with Crippen molar-refractivity contribution in [1.82, 2.24) is 4.90 Å². The first-order valence-electron chi connectivity index (χ1n) is 4.77. The van der Waals surface area contributed by atoms with Gasteiger partial charge in [-0.1, -0.05) is 6.92 Å². The van der Waals surface area contributed by atoms with Crippen LogP contribution in [0.2, 0.25) is 0 Å². The average Bonchev–Trinajstić information content (AvgIpc) is 2.13. The number of thioether (sulfide) groups is 1. The number of nitrogens with two attached hydrogens (primary N) is 2. The van der Waals surface area contributed by atoms with E-state index in [2.05, 4.69) is 18.1 Å². The highest BCUT2D eigenvalue weighted by Crippen LogP contribution is 2.08. The van der Waals surface area contributed by atoms with E-state index in [0.29, 0.717) is 12.6 Å². The SMILES string of the molecule is CCC(CSC)N(C)CC(N)C(N)=O. The standard InChI is InChI=1S/C9H21N3OS/c1-4-7(6-14-3)12(2)5-8(10)9(11)13/h7-8H,4-6,10H2,1-3H3,(H2,11,13). The monoisotopic (exact) mass is 219 g/mol. The predicted octanol–water partition coefficient (Wildman–Crippen LogP) is -0.128. The maximum Gasteiger partial charge on any atom is 0.235 e. The van der Waals surface area contributed by atoms with Crippen LogP contribution in [0.5, 0.6) is 0 Å². The predicted molar refractivity (Wildman–Crippen MR) is 62.3 cm³/mol. The maximum absolute atomic E-state index is 10.8. The van der Waals surface area contributed by atoms with Gasteiger partial charge in [-0.15, -0.1) is 0 Å². The molecular formula is C9H21N3OS. The fourth-order valence-electron chi connectivity index (χ4n) is 1.30. The zero-order valence-electron chi connectivity index (χ0n) is 9.19. The Morgan fingerprint density at radius 1 is 1.57 bits per heavy atom. The molecule has 84 valence electrons. The highest BCUT2D eigenvalue weighted by Gasteiger charge is 2.17. The molecule has 4 nitrogen and oxygen atoms in total. The van der Waals surface area contributed by atoms with Crippen LogP contribution in [-0.4, -0.2) is 48.5 Å². The number of nitrogens with zero attached hydrogens (tertiary/aromatic N) is 1. The van der Waals surface area contributed by atoms with Gasteiger partial charge in [-0.25, -0.2) is 0 Å². The lowest BCUT2D eigenvalue weighted by molar-refractivity contribution is -0.119. The van der Waals surface area contributed by atoms with Crippen LogP contribution in [0, 0.1) is 0 Å². The molecule has 2 atom stereocenters. The van der Waals surface area contributed by atoms with E-state index in [9.17, 15) is 4.79 Å². The number of amides is 1. The molecule has 4 N–H and O–H groups in total. The number of carbonyl (C=O) groups is 1. The second-order valence-corrected chi connectivity index (χ2v) is 4.38. The average molecular weight is 219 g/mol. The van der Waals surface area contributed by atoms with E-state index in [4.69, 9.17) is 11.5 Å². The number of hydrogen-bond donors (Lipinski definition) is 2. The fraction of sp³-hybridized carbons (Fsp3) is 0.889. The molecule has 0 heterocycles. The zero-order valence-corrected chi connectivity index (χ0v) is 10.0. The van der Waals surface area contributed by atoms with Crippen molar-refractivity contribution in [3.8, 4) is 0 Å². The van der Waals surface area contributed by atoms with Crippen molar-refractivity contribution in [2.24, 2.45) is 11.5 Å². The smallest absolute Gasteiger partial charge is 0.235 e. The minimum atomic E-state index is -0.559. The minimum Gasteiger partial charge on any atom is -0.368 e. The molecule has 0 aliphatic carbocycles. The van der Waals surface area contributed by atoms with Gasteiger partial charge in [0.05, 0.1) is 6.04 Å². The van der Waals surface area contributed by atoms with Crippen LogP contribution in [0.15, 0.2) is 0 Å². The van der Waals surface area contributed by atoms with Crippen molar-refractivity contribution >= 4 is 17.7 Å². The lowest BCUT2D eigenvalue weighted by Crippen LogP contribution is -2.48. The Kier molecular flexibility index (Phi) is 6.96. The first-order valence-corrected chi connectivity index (χ1v) is 6.16. The van der Waals surface area contributed by atoms with Crippen LogP contribution in [-0.2, 0) is 4.79 Å². The summed E-state index contributed by atoms with van der Waals surface area (Å²) >= 11 is 1.80. The van der Waals surface area contributed by atoms with Crippen LogP contribution in [0.3, 0.4) is 0 Å². The van der Waals surface area contributed by atoms with E-state index in [1.54, 1.807) is 11.8 Å². The van der Waals surface area contributed by atoms with E-state index >= 15 is 0 Å². The van der Waals surface area contributed by atoms with Crippen LogP contribution in [0.4, 0.5) is 0 Å². The van der Waals surface area contributed by atoms with E-state index in [1.165, 1.54) is 0 Å². The van der Waals surface area contributed by atoms with Crippen LogP contribution >= 0.6 is 11.8 Å². The molecule has 0 aromatic carbocycles.